The molecule has 0 radical (unpaired) electrons. The summed E-state index contributed by atoms with van der Waals surface area (Å²) < 4.78 is 17.9. The Bertz CT molecular complexity index is 7970. The second-order valence-electron chi connectivity index (χ2n) is 34.3. The van der Waals surface area contributed by atoms with Crippen molar-refractivity contribution in [3.63, 3.8) is 0 Å². The van der Waals surface area contributed by atoms with Crippen molar-refractivity contribution in [3.8, 4) is 44.5 Å². The lowest BCUT2D eigenvalue weighted by atomic mass is 9.45. The van der Waals surface area contributed by atoms with Gasteiger partial charge in [0.15, 0.2) is 0 Å². The maximum atomic E-state index is 6.30. The fraction of sp³-hybridized carbons (Fsp3) is 0. The van der Waals surface area contributed by atoms with E-state index < -0.39 is 0 Å². The number of nitrogens with zero attached hydrogens (tertiary/aromatic N) is 4. The largest absolute Gasteiger partial charge is 0.456 e. The lowest BCUT2D eigenvalue weighted by Gasteiger charge is -2.39. The first kappa shape index (κ1) is 78.2. The maximum Gasteiger partial charge on any atom is 0.328 e. The SMILES string of the molecule is c1ccc(B2c3ccccc3-c3cc4c(cc3N2c2ccccc2)oc2ccccc24)cc1.c1ccc(B2c3ccccc3-c3cc4c(cc3N2c2ccccc2)sc2ccccc24)cc1.c1ccc(B2c3ccccc3-c3cc4oc5ccccc5c4cc3N2c2ccccc2)cc1.c1ccc(B2c3ccccc3-c3cc4sc5ccccc5c4cc3N2c2ccccc2)cc1. The van der Waals surface area contributed by atoms with Gasteiger partial charge in [-0.25, -0.2) is 0 Å². The third-order valence-electron chi connectivity index (χ3n) is 26.8. The Morgan fingerprint density at radius 2 is 0.409 bits per heavy atom. The molecule has 0 N–H and O–H groups in total. The predicted molar refractivity (Wildman–Crippen MR) is 568 cm³/mol. The van der Waals surface area contributed by atoms with Gasteiger partial charge in [-0.1, -0.05) is 386 Å². The zero-order valence-electron chi connectivity index (χ0n) is 71.9. The molecular formula is C120H80B4N4O2S2. The number of rotatable bonds is 8. The van der Waals surface area contributed by atoms with Gasteiger partial charge in [0.05, 0.1) is 0 Å². The Kier molecular flexibility index (Phi) is 19.7. The molecule has 0 amide bonds. The second-order valence-corrected chi connectivity index (χ2v) is 36.4. The summed E-state index contributed by atoms with van der Waals surface area (Å²) in [7, 11) is 0. The number of fused-ring (bicyclic) bond motifs is 24. The Hall–Kier alpha value is -16.1. The standard InChI is InChI=1S/2C30H20BNO.2C30H20BNS/c1-3-11-21(12-4-1)31-27-17-9-7-15-23(27)25-20-30-26(24-16-8-10-18-29(24)33-30)19-28(25)32(31)22-13-5-2-6-14-22;1-3-11-21(12-4-1)31-27-17-9-7-15-23(27)25-19-26-24-16-8-10-18-29(24)33-30(26)20-28(25)32(31)22-13-5-2-6-14-22;1-3-11-21(12-4-1)31-27-17-9-7-15-23(27)25-20-30-26(24-16-8-10-18-29(24)33-30)19-28(25)32(31)22-13-5-2-6-14-22;1-3-11-21(12-4-1)31-27-17-9-7-15-23(27)25-19-26-24-16-8-10-18-29(24)33-30(26)20-28(25)32(31)22-13-5-2-6-14-22/h4*1-20H. The van der Waals surface area contributed by atoms with Gasteiger partial charge in [0.2, 0.25) is 0 Å². The van der Waals surface area contributed by atoms with Crippen LogP contribution in [0, 0.1) is 0 Å². The van der Waals surface area contributed by atoms with Gasteiger partial charge in [-0.05, 0) is 159 Å². The van der Waals surface area contributed by atoms with Crippen LogP contribution in [-0.2, 0) is 0 Å². The van der Waals surface area contributed by atoms with Crippen LogP contribution in [0.5, 0.6) is 0 Å². The van der Waals surface area contributed by atoms with E-state index in [0.29, 0.717) is 0 Å². The molecule has 20 aromatic carbocycles. The predicted octanol–water partition coefficient (Wildman–Crippen LogP) is 27.0. The van der Waals surface area contributed by atoms with Gasteiger partial charge >= 0.3 is 27.4 Å². The Morgan fingerprint density at radius 3 is 0.788 bits per heavy atom. The fourth-order valence-corrected chi connectivity index (χ4v) is 23.3. The zero-order chi connectivity index (χ0) is 87.1. The minimum Gasteiger partial charge on any atom is -0.456 e. The number of thiophene rings is 2. The highest BCUT2D eigenvalue weighted by Gasteiger charge is 2.43. The van der Waals surface area contributed by atoms with Crippen LogP contribution < -0.4 is 62.9 Å². The minimum atomic E-state index is 0.0686. The summed E-state index contributed by atoms with van der Waals surface area (Å²) >= 11 is 3.77. The zero-order valence-corrected chi connectivity index (χ0v) is 73.6. The number of hydrogen-bond donors (Lipinski definition) is 0. The molecule has 8 heterocycles. The van der Waals surface area contributed by atoms with Crippen molar-refractivity contribution in [1.29, 1.82) is 0 Å². The van der Waals surface area contributed by atoms with Crippen molar-refractivity contribution < 1.29 is 8.83 Å². The van der Waals surface area contributed by atoms with E-state index in [1.54, 1.807) is 0 Å². The molecule has 0 aliphatic carbocycles. The Labute approximate surface area is 775 Å². The van der Waals surface area contributed by atoms with Crippen molar-refractivity contribution in [2.75, 3.05) is 19.2 Å². The van der Waals surface area contributed by atoms with Crippen molar-refractivity contribution in [3.05, 3.63) is 485 Å². The molecule has 0 unspecified atom stereocenters. The molecule has 6 nitrogen and oxygen atoms in total. The van der Waals surface area contributed by atoms with E-state index in [4.69, 9.17) is 8.83 Å². The molecule has 0 atom stereocenters. The highest BCUT2D eigenvalue weighted by Crippen LogP contribution is 2.51. The van der Waals surface area contributed by atoms with E-state index >= 15 is 0 Å². The molecule has 132 heavy (non-hydrogen) atoms. The topological polar surface area (TPSA) is 39.2 Å². The van der Waals surface area contributed by atoms with Gasteiger partial charge < -0.3 is 28.1 Å². The first-order valence-corrected chi connectivity index (χ1v) is 46.9. The third kappa shape index (κ3) is 13.5. The van der Waals surface area contributed by atoms with E-state index in [9.17, 15) is 0 Å². The molecule has 0 bridgehead atoms. The quantitative estimate of drug-likeness (QED) is 0.141. The highest BCUT2D eigenvalue weighted by atomic mass is 32.1. The smallest absolute Gasteiger partial charge is 0.328 e. The van der Waals surface area contributed by atoms with Crippen LogP contribution in [0.2, 0.25) is 0 Å². The van der Waals surface area contributed by atoms with Crippen LogP contribution >= 0.6 is 22.7 Å². The molecular weight excluding hydrogens is 1640 g/mol. The fourth-order valence-electron chi connectivity index (χ4n) is 21.1. The number of furan rings is 2. The average molecular weight is 1720 g/mol. The summed E-state index contributed by atoms with van der Waals surface area (Å²) in [5.74, 6) is 0. The number of hydrogen-bond acceptors (Lipinski definition) is 8. The molecule has 28 rings (SSSR count). The van der Waals surface area contributed by atoms with Gasteiger partial charge in [0.1, 0.15) is 22.3 Å². The van der Waals surface area contributed by atoms with Crippen molar-refractivity contribution in [2.45, 2.75) is 0 Å². The molecule has 0 saturated carbocycles. The van der Waals surface area contributed by atoms with Crippen LogP contribution in [-0.4, -0.2) is 27.4 Å². The van der Waals surface area contributed by atoms with E-state index in [1.165, 1.54) is 168 Å². The lowest BCUT2D eigenvalue weighted by molar-refractivity contribution is 0.668. The molecule has 12 heteroatoms. The van der Waals surface area contributed by atoms with E-state index in [-0.39, 0.29) is 27.4 Å². The van der Waals surface area contributed by atoms with Gasteiger partial charge in [0, 0.05) is 136 Å². The number of para-hydroxylation sites is 6. The molecule has 4 aliphatic heterocycles. The Balaban J connectivity index is 0.0000000945. The number of benzene rings is 20. The minimum absolute atomic E-state index is 0.0686. The average Bonchev–Trinajstić information content (AvgIpc) is 1.40. The summed E-state index contributed by atoms with van der Waals surface area (Å²) in [5.41, 5.74) is 34.1. The van der Waals surface area contributed by atoms with Crippen molar-refractivity contribution >= 4 is 223 Å². The first-order chi connectivity index (χ1) is 65.5. The normalized spacial score (nSPS) is 12.7. The van der Waals surface area contributed by atoms with Gasteiger partial charge in [-0.3, -0.25) is 0 Å². The summed E-state index contributed by atoms with van der Waals surface area (Å²) in [5, 5.41) is 9.97. The summed E-state index contributed by atoms with van der Waals surface area (Å²) in [6.45, 7) is 0.371. The van der Waals surface area contributed by atoms with Gasteiger partial charge in [0.25, 0.3) is 0 Å². The second kappa shape index (κ2) is 33.2. The molecule has 616 valence electrons. The summed E-state index contributed by atoms with van der Waals surface area (Å²) in [6.07, 6.45) is 0. The van der Waals surface area contributed by atoms with Crippen molar-refractivity contribution in [2.24, 2.45) is 0 Å². The van der Waals surface area contributed by atoms with Crippen LogP contribution in [0.4, 0.5) is 45.5 Å². The monoisotopic (exact) mass is 1720 g/mol. The lowest BCUT2D eigenvalue weighted by Crippen LogP contribution is -2.57. The molecule has 4 aromatic heterocycles. The van der Waals surface area contributed by atoms with Crippen LogP contribution in [0.15, 0.2) is 494 Å². The van der Waals surface area contributed by atoms with Gasteiger partial charge in [-0.15, -0.1) is 22.7 Å². The van der Waals surface area contributed by atoms with Gasteiger partial charge in [-0.2, -0.15) is 0 Å². The molecule has 4 aliphatic rings. The highest BCUT2D eigenvalue weighted by molar-refractivity contribution is 7.26. The van der Waals surface area contributed by atoms with Crippen LogP contribution in [0.3, 0.4) is 0 Å². The molecule has 0 fully saturated rings. The molecule has 0 saturated heterocycles. The van der Waals surface area contributed by atoms with E-state index in [0.717, 1.165) is 49.6 Å². The van der Waals surface area contributed by atoms with Crippen LogP contribution in [0.1, 0.15) is 0 Å². The Morgan fingerprint density at radius 1 is 0.159 bits per heavy atom. The van der Waals surface area contributed by atoms with E-state index in [2.05, 4.69) is 480 Å². The molecule has 24 aromatic rings. The maximum absolute atomic E-state index is 6.30. The summed E-state index contributed by atoms with van der Waals surface area (Å²) in [4.78, 5) is 9.99. The third-order valence-corrected chi connectivity index (χ3v) is 29.1. The molecule has 0 spiro atoms. The first-order valence-electron chi connectivity index (χ1n) is 45.3. The van der Waals surface area contributed by atoms with E-state index in [1.807, 2.05) is 46.9 Å². The van der Waals surface area contributed by atoms with Crippen LogP contribution in [0.25, 0.3) is 129 Å². The van der Waals surface area contributed by atoms with Crippen molar-refractivity contribution in [1.82, 2.24) is 0 Å². The summed E-state index contributed by atoms with van der Waals surface area (Å²) in [6, 6.07) is 175. The number of anilines is 8.